The van der Waals surface area contributed by atoms with Crippen molar-refractivity contribution in [3.63, 3.8) is 0 Å². The summed E-state index contributed by atoms with van der Waals surface area (Å²) in [5, 5.41) is 22.4. The summed E-state index contributed by atoms with van der Waals surface area (Å²) in [6.07, 6.45) is 1.29. The van der Waals surface area contributed by atoms with Gasteiger partial charge in [0.15, 0.2) is 0 Å². The molecule has 0 saturated carbocycles. The van der Waals surface area contributed by atoms with Crippen molar-refractivity contribution in [1.82, 2.24) is 5.32 Å². The molecule has 3 N–H and O–H groups in total. The van der Waals surface area contributed by atoms with E-state index in [1.54, 1.807) is 0 Å². The Bertz CT molecular complexity index is 199. The Kier molecular flexibility index (Phi) is 10.5. The zero-order valence-corrected chi connectivity index (χ0v) is 12.8. The molecule has 0 radical (unpaired) electrons. The Balaban J connectivity index is 3.71. The lowest BCUT2D eigenvalue weighted by atomic mass is 9.94. The summed E-state index contributed by atoms with van der Waals surface area (Å²) in [7, 11) is 0. The monoisotopic (exact) mass is 277 g/mol. The lowest BCUT2D eigenvalue weighted by Gasteiger charge is -2.32. The van der Waals surface area contributed by atoms with E-state index in [4.69, 9.17) is 9.47 Å². The molecule has 0 fully saturated rings. The van der Waals surface area contributed by atoms with Crippen molar-refractivity contribution < 1.29 is 19.7 Å². The van der Waals surface area contributed by atoms with Gasteiger partial charge in [0, 0.05) is 12.1 Å². The van der Waals surface area contributed by atoms with E-state index < -0.39 is 6.10 Å². The van der Waals surface area contributed by atoms with Crippen molar-refractivity contribution in [1.29, 1.82) is 0 Å². The van der Waals surface area contributed by atoms with E-state index in [1.165, 1.54) is 0 Å². The van der Waals surface area contributed by atoms with Crippen molar-refractivity contribution >= 4 is 0 Å². The Morgan fingerprint density at radius 3 is 2.26 bits per heavy atom. The molecule has 5 heteroatoms. The van der Waals surface area contributed by atoms with Crippen LogP contribution in [0.25, 0.3) is 0 Å². The zero-order chi connectivity index (χ0) is 14.7. The van der Waals surface area contributed by atoms with E-state index in [-0.39, 0.29) is 24.9 Å². The smallest absolute Gasteiger partial charge is 0.0897 e. The number of rotatable bonds is 12. The molecular formula is C14H31NO4. The Morgan fingerprint density at radius 2 is 1.79 bits per heavy atom. The van der Waals surface area contributed by atoms with Gasteiger partial charge in [-0.3, -0.25) is 0 Å². The molecule has 0 spiro atoms. The third-order valence-corrected chi connectivity index (χ3v) is 3.36. The van der Waals surface area contributed by atoms with Gasteiger partial charge in [-0.15, -0.1) is 0 Å². The van der Waals surface area contributed by atoms with Crippen LogP contribution >= 0.6 is 0 Å². The van der Waals surface area contributed by atoms with Crippen LogP contribution in [0.4, 0.5) is 0 Å². The Morgan fingerprint density at radius 1 is 1.16 bits per heavy atom. The molecule has 0 bridgehead atoms. The maximum absolute atomic E-state index is 9.80. The number of ether oxygens (including phenoxy) is 2. The van der Waals surface area contributed by atoms with Crippen molar-refractivity contribution in [2.75, 3.05) is 33.0 Å². The maximum Gasteiger partial charge on any atom is 0.0897 e. The van der Waals surface area contributed by atoms with Gasteiger partial charge in [0.1, 0.15) is 0 Å². The van der Waals surface area contributed by atoms with Crippen molar-refractivity contribution in [3.8, 4) is 0 Å². The molecule has 0 aliphatic carbocycles. The molecule has 0 aromatic rings. The fraction of sp³-hybridized carbons (Fsp3) is 1.00. The molecule has 1 atom stereocenters. The lowest BCUT2D eigenvalue weighted by Crippen LogP contribution is -2.50. The number of nitrogens with one attached hydrogen (secondary N) is 1. The van der Waals surface area contributed by atoms with Gasteiger partial charge in [-0.2, -0.15) is 0 Å². The van der Waals surface area contributed by atoms with E-state index in [0.29, 0.717) is 19.8 Å². The number of hydrogen-bond donors (Lipinski definition) is 3. The van der Waals surface area contributed by atoms with Crippen LogP contribution in [-0.4, -0.2) is 60.9 Å². The third-order valence-electron chi connectivity index (χ3n) is 3.36. The molecule has 5 nitrogen and oxygen atoms in total. The molecule has 0 aromatic carbocycles. The van der Waals surface area contributed by atoms with Crippen LogP contribution in [0.5, 0.6) is 0 Å². The summed E-state index contributed by atoms with van der Waals surface area (Å²) >= 11 is 0. The van der Waals surface area contributed by atoms with Gasteiger partial charge in [-0.25, -0.2) is 0 Å². The van der Waals surface area contributed by atoms with Gasteiger partial charge >= 0.3 is 0 Å². The highest BCUT2D eigenvalue weighted by molar-refractivity contribution is 4.85. The first-order valence-corrected chi connectivity index (χ1v) is 7.23. The molecule has 19 heavy (non-hydrogen) atoms. The number of β-amino-alcohol motifs (C(OH)–C–C–N with tert-alkyl or cyclic N) is 1. The minimum atomic E-state index is -0.567. The topological polar surface area (TPSA) is 71.0 Å². The fourth-order valence-corrected chi connectivity index (χ4v) is 1.73. The molecule has 0 aliphatic heterocycles. The highest BCUT2D eigenvalue weighted by atomic mass is 16.5. The summed E-state index contributed by atoms with van der Waals surface area (Å²) in [5.41, 5.74) is -0.290. The highest BCUT2D eigenvalue weighted by Crippen LogP contribution is 2.13. The van der Waals surface area contributed by atoms with Crippen LogP contribution in [0, 0.1) is 0 Å². The molecule has 0 rings (SSSR count). The van der Waals surface area contributed by atoms with Crippen LogP contribution in [0.2, 0.25) is 0 Å². The van der Waals surface area contributed by atoms with E-state index >= 15 is 0 Å². The molecule has 0 aliphatic rings. The van der Waals surface area contributed by atoms with Gasteiger partial charge < -0.3 is 25.0 Å². The van der Waals surface area contributed by atoms with Gasteiger partial charge in [0.2, 0.25) is 0 Å². The predicted octanol–water partition coefficient (Wildman–Crippen LogP) is 0.930. The molecule has 0 heterocycles. The van der Waals surface area contributed by atoms with Crippen LogP contribution in [0.1, 0.15) is 40.5 Å². The van der Waals surface area contributed by atoms with Crippen LogP contribution in [0.15, 0.2) is 0 Å². The quantitative estimate of drug-likeness (QED) is 0.463. The van der Waals surface area contributed by atoms with Crippen LogP contribution in [0.3, 0.4) is 0 Å². The Hall–Kier alpha value is -0.200. The molecule has 1 unspecified atom stereocenters. The van der Waals surface area contributed by atoms with Gasteiger partial charge in [-0.1, -0.05) is 13.8 Å². The van der Waals surface area contributed by atoms with E-state index in [2.05, 4.69) is 5.32 Å². The van der Waals surface area contributed by atoms with Crippen molar-refractivity contribution in [2.45, 2.75) is 58.3 Å². The van der Waals surface area contributed by atoms with Gasteiger partial charge in [0.05, 0.1) is 38.6 Å². The highest BCUT2D eigenvalue weighted by Gasteiger charge is 2.25. The average molecular weight is 277 g/mol. The normalized spacial score (nSPS) is 14.1. The molecule has 0 saturated heterocycles. The maximum atomic E-state index is 9.80. The standard InChI is InChI=1S/C14H31NO4/c1-5-14(6-2,11-16)15-9-13(17)10-18-7-8-19-12(3)4/h12-13,15-17H,5-11H2,1-4H3. The van der Waals surface area contributed by atoms with Gasteiger partial charge in [0.25, 0.3) is 0 Å². The first kappa shape index (κ1) is 18.8. The van der Waals surface area contributed by atoms with E-state index in [0.717, 1.165) is 12.8 Å². The second kappa shape index (κ2) is 10.6. The van der Waals surface area contributed by atoms with E-state index in [1.807, 2.05) is 27.7 Å². The molecule has 0 amide bonds. The van der Waals surface area contributed by atoms with Crippen molar-refractivity contribution in [2.24, 2.45) is 0 Å². The van der Waals surface area contributed by atoms with E-state index in [9.17, 15) is 10.2 Å². The lowest BCUT2D eigenvalue weighted by molar-refractivity contribution is -0.0128. The molecule has 0 aromatic heterocycles. The second-order valence-electron chi connectivity index (χ2n) is 5.17. The summed E-state index contributed by atoms with van der Waals surface area (Å²) in [5.74, 6) is 0. The molecular weight excluding hydrogens is 246 g/mol. The third kappa shape index (κ3) is 8.55. The van der Waals surface area contributed by atoms with Crippen molar-refractivity contribution in [3.05, 3.63) is 0 Å². The number of hydrogen-bond acceptors (Lipinski definition) is 5. The van der Waals surface area contributed by atoms with Crippen LogP contribution < -0.4 is 5.32 Å². The number of aliphatic hydroxyl groups excluding tert-OH is 2. The second-order valence-corrected chi connectivity index (χ2v) is 5.17. The Labute approximate surface area is 117 Å². The first-order valence-electron chi connectivity index (χ1n) is 7.23. The minimum Gasteiger partial charge on any atom is -0.394 e. The number of aliphatic hydroxyl groups is 2. The summed E-state index contributed by atoms with van der Waals surface area (Å²) < 4.78 is 10.7. The largest absolute Gasteiger partial charge is 0.394 e. The summed E-state index contributed by atoms with van der Waals surface area (Å²) in [4.78, 5) is 0. The summed E-state index contributed by atoms with van der Waals surface area (Å²) in [6, 6.07) is 0. The fourth-order valence-electron chi connectivity index (χ4n) is 1.73. The molecule has 116 valence electrons. The summed E-state index contributed by atoms with van der Waals surface area (Å²) in [6.45, 7) is 9.82. The first-order chi connectivity index (χ1) is 8.99. The van der Waals surface area contributed by atoms with Crippen LogP contribution in [-0.2, 0) is 9.47 Å². The van der Waals surface area contributed by atoms with Gasteiger partial charge in [-0.05, 0) is 26.7 Å². The average Bonchev–Trinajstić information content (AvgIpc) is 2.40. The SMILES string of the molecule is CCC(CC)(CO)NCC(O)COCCOC(C)C. The zero-order valence-electron chi connectivity index (χ0n) is 12.8. The minimum absolute atomic E-state index is 0.0792. The predicted molar refractivity (Wildman–Crippen MR) is 76.3 cm³/mol.